The topological polar surface area (TPSA) is 58.2 Å². The van der Waals surface area contributed by atoms with Crippen molar-refractivity contribution < 1.29 is 9.59 Å². The monoisotopic (exact) mass is 390 g/mol. The van der Waals surface area contributed by atoms with E-state index in [-0.39, 0.29) is 11.8 Å². The van der Waals surface area contributed by atoms with Crippen LogP contribution in [0.15, 0.2) is 51.8 Å². The molecule has 0 saturated heterocycles. The summed E-state index contributed by atoms with van der Waals surface area (Å²) in [7, 11) is 0. The highest BCUT2D eigenvalue weighted by Gasteiger charge is 2.45. The van der Waals surface area contributed by atoms with Crippen LogP contribution >= 0.6 is 27.7 Å². The molecule has 23 heavy (non-hydrogen) atoms. The molecule has 0 spiro atoms. The number of nitrogens with one attached hydrogen (secondary N) is 2. The summed E-state index contributed by atoms with van der Waals surface area (Å²) in [5.74, 6) is -0.666. The highest BCUT2D eigenvalue weighted by molar-refractivity contribution is 9.10. The van der Waals surface area contributed by atoms with E-state index >= 15 is 0 Å². The lowest BCUT2D eigenvalue weighted by molar-refractivity contribution is -0.126. The fourth-order valence-corrected chi connectivity index (χ4v) is 3.97. The molecule has 0 aliphatic carbocycles. The first-order valence-electron chi connectivity index (χ1n) is 7.07. The molecule has 1 aliphatic rings. The second-order valence-corrected chi connectivity index (χ2v) is 7.84. The summed E-state index contributed by atoms with van der Waals surface area (Å²) in [6.07, 6.45) is 0. The predicted octanol–water partition coefficient (Wildman–Crippen LogP) is 4.20. The Labute approximate surface area is 147 Å². The highest BCUT2D eigenvalue weighted by atomic mass is 79.9. The lowest BCUT2D eigenvalue weighted by Gasteiger charge is -2.31. The maximum atomic E-state index is 12.7. The van der Waals surface area contributed by atoms with Gasteiger partial charge in [0.25, 0.3) is 0 Å². The van der Waals surface area contributed by atoms with Crippen LogP contribution in [-0.2, 0) is 9.59 Å². The molecule has 1 heterocycles. The van der Waals surface area contributed by atoms with Gasteiger partial charge < -0.3 is 10.6 Å². The standard InChI is InChI=1S/C17H15BrN2O2S/c1-10-7-8-12(11(18)9-10)19-15(21)17(2)16(22)20-13-5-3-4-6-14(13)23-17/h3-9H,1-2H3,(H,19,21)(H,20,22). The number of hydrogen-bond acceptors (Lipinski definition) is 3. The zero-order valence-corrected chi connectivity index (χ0v) is 15.0. The van der Waals surface area contributed by atoms with Crippen molar-refractivity contribution in [3.8, 4) is 0 Å². The minimum atomic E-state index is -1.22. The van der Waals surface area contributed by atoms with E-state index in [2.05, 4.69) is 26.6 Å². The average molecular weight is 391 g/mol. The number of carbonyl (C=O) groups excluding carboxylic acids is 2. The van der Waals surface area contributed by atoms with Gasteiger partial charge in [-0.05, 0) is 59.6 Å². The van der Waals surface area contributed by atoms with Crippen LogP contribution in [-0.4, -0.2) is 16.6 Å². The summed E-state index contributed by atoms with van der Waals surface area (Å²) < 4.78 is -0.436. The first-order chi connectivity index (χ1) is 10.9. The van der Waals surface area contributed by atoms with Crippen LogP contribution in [0.25, 0.3) is 0 Å². The molecule has 0 radical (unpaired) electrons. The van der Waals surface area contributed by atoms with Crippen LogP contribution in [0.1, 0.15) is 12.5 Å². The van der Waals surface area contributed by atoms with Crippen molar-refractivity contribution in [2.75, 3.05) is 10.6 Å². The smallest absolute Gasteiger partial charge is 0.250 e. The lowest BCUT2D eigenvalue weighted by Crippen LogP contribution is -2.49. The van der Waals surface area contributed by atoms with Crippen molar-refractivity contribution in [2.24, 2.45) is 0 Å². The van der Waals surface area contributed by atoms with E-state index in [0.717, 1.165) is 20.6 Å². The van der Waals surface area contributed by atoms with Gasteiger partial charge in [0.2, 0.25) is 11.8 Å². The van der Waals surface area contributed by atoms with E-state index in [0.29, 0.717) is 5.69 Å². The molecule has 2 aromatic carbocycles. The van der Waals surface area contributed by atoms with Gasteiger partial charge in [-0.15, -0.1) is 0 Å². The van der Waals surface area contributed by atoms with E-state index in [1.54, 1.807) is 6.92 Å². The van der Waals surface area contributed by atoms with Gasteiger partial charge in [0.1, 0.15) is 0 Å². The first kappa shape index (κ1) is 16.1. The number of thioether (sulfide) groups is 1. The van der Waals surface area contributed by atoms with Crippen molar-refractivity contribution in [3.63, 3.8) is 0 Å². The third-order valence-corrected chi connectivity index (χ3v) is 5.70. The van der Waals surface area contributed by atoms with E-state index in [1.807, 2.05) is 49.4 Å². The Morgan fingerprint density at radius 3 is 2.74 bits per heavy atom. The molecule has 1 aliphatic heterocycles. The zero-order valence-electron chi connectivity index (χ0n) is 12.6. The number of anilines is 2. The highest BCUT2D eigenvalue weighted by Crippen LogP contribution is 2.43. The summed E-state index contributed by atoms with van der Waals surface area (Å²) >= 11 is 4.70. The molecule has 0 saturated carbocycles. The van der Waals surface area contributed by atoms with Gasteiger partial charge in [-0.1, -0.05) is 30.0 Å². The molecule has 0 fully saturated rings. The van der Waals surface area contributed by atoms with Crippen molar-refractivity contribution in [1.82, 2.24) is 0 Å². The minimum absolute atomic E-state index is 0.318. The van der Waals surface area contributed by atoms with Crippen molar-refractivity contribution in [3.05, 3.63) is 52.5 Å². The number of para-hydroxylation sites is 1. The van der Waals surface area contributed by atoms with Crippen molar-refractivity contribution in [2.45, 2.75) is 23.5 Å². The van der Waals surface area contributed by atoms with E-state index in [1.165, 1.54) is 11.8 Å². The number of fused-ring (bicyclic) bond motifs is 1. The number of aryl methyl sites for hydroxylation is 1. The molecular formula is C17H15BrN2O2S. The molecule has 0 aromatic heterocycles. The number of amides is 2. The Morgan fingerprint density at radius 2 is 2.00 bits per heavy atom. The third kappa shape index (κ3) is 3.01. The van der Waals surface area contributed by atoms with E-state index < -0.39 is 4.75 Å². The van der Waals surface area contributed by atoms with Gasteiger partial charge in [-0.25, -0.2) is 0 Å². The van der Waals surface area contributed by atoms with Gasteiger partial charge in [0, 0.05) is 9.37 Å². The lowest BCUT2D eigenvalue weighted by atomic mass is 10.1. The molecule has 2 amide bonds. The molecule has 6 heteroatoms. The maximum absolute atomic E-state index is 12.7. The first-order valence-corrected chi connectivity index (χ1v) is 8.68. The molecule has 1 unspecified atom stereocenters. The molecule has 0 bridgehead atoms. The minimum Gasteiger partial charge on any atom is -0.323 e. The fourth-order valence-electron chi connectivity index (χ4n) is 2.28. The Bertz CT molecular complexity index is 809. The predicted molar refractivity (Wildman–Crippen MR) is 96.8 cm³/mol. The van der Waals surface area contributed by atoms with Crippen LogP contribution < -0.4 is 10.6 Å². The quantitative estimate of drug-likeness (QED) is 0.755. The maximum Gasteiger partial charge on any atom is 0.250 e. The van der Waals surface area contributed by atoms with E-state index in [4.69, 9.17) is 0 Å². The fraction of sp³-hybridized carbons (Fsp3) is 0.176. The summed E-state index contributed by atoms with van der Waals surface area (Å²) in [6, 6.07) is 13.1. The normalized spacial score (nSPS) is 19.7. The third-order valence-electron chi connectivity index (χ3n) is 3.69. The molecule has 2 aromatic rings. The second-order valence-electron chi connectivity index (χ2n) is 5.52. The molecule has 3 rings (SSSR count). The van der Waals surface area contributed by atoms with Gasteiger partial charge >= 0.3 is 0 Å². The van der Waals surface area contributed by atoms with Gasteiger partial charge in [0.15, 0.2) is 4.75 Å². The Balaban J connectivity index is 1.88. The number of carbonyl (C=O) groups is 2. The SMILES string of the molecule is Cc1ccc(NC(=O)C2(C)Sc3ccccc3NC2=O)c(Br)c1. The molecule has 118 valence electrons. The Morgan fingerprint density at radius 1 is 1.26 bits per heavy atom. The Kier molecular flexibility index (Phi) is 4.21. The van der Waals surface area contributed by atoms with Crippen LogP contribution in [0.3, 0.4) is 0 Å². The average Bonchev–Trinajstić information content (AvgIpc) is 2.51. The summed E-state index contributed by atoms with van der Waals surface area (Å²) in [5, 5.41) is 5.65. The van der Waals surface area contributed by atoms with Gasteiger partial charge in [0.05, 0.1) is 11.4 Å². The zero-order chi connectivity index (χ0) is 16.6. The molecule has 1 atom stereocenters. The number of halogens is 1. The second kappa shape index (κ2) is 6.02. The molecular weight excluding hydrogens is 376 g/mol. The summed E-state index contributed by atoms with van der Waals surface area (Å²) in [6.45, 7) is 3.61. The molecule has 2 N–H and O–H groups in total. The number of hydrogen-bond donors (Lipinski definition) is 2. The summed E-state index contributed by atoms with van der Waals surface area (Å²) in [4.78, 5) is 26.1. The summed E-state index contributed by atoms with van der Waals surface area (Å²) in [5.41, 5.74) is 2.47. The van der Waals surface area contributed by atoms with Crippen LogP contribution in [0, 0.1) is 6.92 Å². The van der Waals surface area contributed by atoms with Gasteiger partial charge in [-0.3, -0.25) is 9.59 Å². The molecule has 4 nitrogen and oxygen atoms in total. The van der Waals surface area contributed by atoms with Crippen molar-refractivity contribution >= 4 is 50.9 Å². The van der Waals surface area contributed by atoms with Crippen LogP contribution in [0.2, 0.25) is 0 Å². The van der Waals surface area contributed by atoms with Gasteiger partial charge in [-0.2, -0.15) is 0 Å². The van der Waals surface area contributed by atoms with Crippen LogP contribution in [0.4, 0.5) is 11.4 Å². The van der Waals surface area contributed by atoms with Crippen molar-refractivity contribution in [1.29, 1.82) is 0 Å². The Hall–Kier alpha value is -1.79. The number of benzene rings is 2. The van der Waals surface area contributed by atoms with E-state index in [9.17, 15) is 9.59 Å². The largest absolute Gasteiger partial charge is 0.323 e. The van der Waals surface area contributed by atoms with Crippen LogP contribution in [0.5, 0.6) is 0 Å². The number of rotatable bonds is 2.